The van der Waals surface area contributed by atoms with E-state index in [2.05, 4.69) is 26.6 Å². The normalized spacial score (nSPS) is 13.1. The van der Waals surface area contributed by atoms with Gasteiger partial charge in [0.1, 0.15) is 5.00 Å². The molecular formula is C17H21N5O2S. The van der Waals surface area contributed by atoms with Crippen molar-refractivity contribution in [1.82, 2.24) is 15.2 Å². The lowest BCUT2D eigenvalue weighted by Gasteiger charge is -2.30. The topological polar surface area (TPSA) is 86.4 Å². The molecule has 0 radical (unpaired) electrons. The highest BCUT2D eigenvalue weighted by Gasteiger charge is 2.21. The number of nitrogens with one attached hydrogen (secondary N) is 3. The summed E-state index contributed by atoms with van der Waals surface area (Å²) in [6.45, 7) is 2.80. The van der Waals surface area contributed by atoms with Gasteiger partial charge in [-0.2, -0.15) is 4.37 Å². The van der Waals surface area contributed by atoms with Crippen molar-refractivity contribution >= 4 is 34.0 Å². The van der Waals surface area contributed by atoms with Crippen molar-refractivity contribution in [3.8, 4) is 0 Å². The minimum Gasteiger partial charge on any atom is -0.378 e. The number of para-hydroxylation sites is 1. The summed E-state index contributed by atoms with van der Waals surface area (Å²) in [5.41, 5.74) is 8.40. The first-order valence-electron chi connectivity index (χ1n) is 8.16. The Bertz CT molecular complexity index is 789. The van der Waals surface area contributed by atoms with Crippen LogP contribution in [0.25, 0.3) is 0 Å². The summed E-state index contributed by atoms with van der Waals surface area (Å²) in [6, 6.07) is 8.11. The van der Waals surface area contributed by atoms with Crippen molar-refractivity contribution in [1.29, 1.82) is 0 Å². The van der Waals surface area contributed by atoms with Crippen molar-refractivity contribution < 1.29 is 9.59 Å². The second kappa shape index (κ2) is 7.52. The SMILES string of the molecule is CNc1snc(C)c1C(=O)NNC(=O)CN1CCCc2ccccc21. The lowest BCUT2D eigenvalue weighted by molar-refractivity contribution is -0.120. The largest absolute Gasteiger partial charge is 0.378 e. The molecule has 2 aromatic rings. The van der Waals surface area contributed by atoms with Crippen molar-refractivity contribution in [3.05, 3.63) is 41.1 Å². The fourth-order valence-electron chi connectivity index (χ4n) is 2.99. The second-order valence-corrected chi connectivity index (χ2v) is 6.65. The van der Waals surface area contributed by atoms with Crippen LogP contribution >= 0.6 is 11.5 Å². The Morgan fingerprint density at radius 3 is 2.88 bits per heavy atom. The van der Waals surface area contributed by atoms with Gasteiger partial charge in [-0.25, -0.2) is 0 Å². The number of aromatic nitrogens is 1. The van der Waals surface area contributed by atoms with E-state index < -0.39 is 0 Å². The maximum absolute atomic E-state index is 12.3. The maximum atomic E-state index is 12.3. The van der Waals surface area contributed by atoms with Gasteiger partial charge >= 0.3 is 0 Å². The number of nitrogens with zero attached hydrogens (tertiary/aromatic N) is 2. The molecule has 0 spiro atoms. The predicted molar refractivity (Wildman–Crippen MR) is 99.0 cm³/mol. The summed E-state index contributed by atoms with van der Waals surface area (Å²) in [7, 11) is 1.73. The van der Waals surface area contributed by atoms with E-state index in [1.165, 1.54) is 17.1 Å². The molecule has 2 amide bonds. The molecule has 0 unspecified atom stereocenters. The standard InChI is InChI=1S/C17H21N5O2S/c1-11-15(17(18-2)25-21-11)16(24)20-19-14(23)10-22-9-5-7-12-6-3-4-8-13(12)22/h3-4,6,8,18H,5,7,9-10H2,1-2H3,(H,19,23)(H,20,24). The van der Waals surface area contributed by atoms with Gasteiger partial charge in [-0.3, -0.25) is 20.4 Å². The number of fused-ring (bicyclic) bond motifs is 1. The molecule has 3 N–H and O–H groups in total. The van der Waals surface area contributed by atoms with E-state index >= 15 is 0 Å². The molecule has 0 saturated heterocycles. The smallest absolute Gasteiger partial charge is 0.274 e. The number of anilines is 2. The van der Waals surface area contributed by atoms with Gasteiger partial charge in [0.2, 0.25) is 0 Å². The highest BCUT2D eigenvalue weighted by Crippen LogP contribution is 2.26. The monoisotopic (exact) mass is 359 g/mol. The van der Waals surface area contributed by atoms with Crippen LogP contribution in [0.5, 0.6) is 0 Å². The Morgan fingerprint density at radius 2 is 2.08 bits per heavy atom. The van der Waals surface area contributed by atoms with Crippen LogP contribution in [0.15, 0.2) is 24.3 Å². The van der Waals surface area contributed by atoms with E-state index in [0.29, 0.717) is 16.3 Å². The lowest BCUT2D eigenvalue weighted by Crippen LogP contribution is -2.47. The van der Waals surface area contributed by atoms with E-state index in [0.717, 1.165) is 25.1 Å². The zero-order valence-corrected chi connectivity index (χ0v) is 15.1. The van der Waals surface area contributed by atoms with Gasteiger partial charge in [-0.1, -0.05) is 18.2 Å². The Kier molecular flexibility index (Phi) is 5.18. The molecule has 0 aliphatic carbocycles. The summed E-state index contributed by atoms with van der Waals surface area (Å²) in [4.78, 5) is 26.6. The maximum Gasteiger partial charge on any atom is 0.274 e. The number of amides is 2. The summed E-state index contributed by atoms with van der Waals surface area (Å²) < 4.78 is 4.15. The molecule has 8 heteroatoms. The Hall–Kier alpha value is -2.61. The number of hydrazine groups is 1. The molecule has 1 aliphatic rings. The minimum absolute atomic E-state index is 0.205. The molecular weight excluding hydrogens is 338 g/mol. The fourth-order valence-corrected chi connectivity index (χ4v) is 3.73. The third-order valence-corrected chi connectivity index (χ3v) is 5.13. The minimum atomic E-state index is -0.372. The van der Waals surface area contributed by atoms with Crippen molar-refractivity contribution in [3.63, 3.8) is 0 Å². The summed E-state index contributed by atoms with van der Waals surface area (Å²) in [5, 5.41) is 3.61. The number of hydrogen-bond acceptors (Lipinski definition) is 6. The van der Waals surface area contributed by atoms with Gasteiger partial charge in [-0.15, -0.1) is 0 Å². The quantitative estimate of drug-likeness (QED) is 0.724. The third-order valence-electron chi connectivity index (χ3n) is 4.17. The third kappa shape index (κ3) is 3.74. The number of aryl methyl sites for hydroxylation is 2. The molecule has 1 aromatic heterocycles. The Labute approximate surface area is 150 Å². The molecule has 25 heavy (non-hydrogen) atoms. The molecule has 132 valence electrons. The first-order chi connectivity index (χ1) is 12.1. The van der Waals surface area contributed by atoms with Crippen LogP contribution in [0.3, 0.4) is 0 Å². The van der Waals surface area contributed by atoms with Gasteiger partial charge in [0.15, 0.2) is 0 Å². The van der Waals surface area contributed by atoms with Crippen LogP contribution in [0.1, 0.15) is 28.0 Å². The van der Waals surface area contributed by atoms with Gasteiger partial charge < -0.3 is 10.2 Å². The van der Waals surface area contributed by atoms with E-state index in [1.807, 2.05) is 23.1 Å². The first kappa shape index (κ1) is 17.2. The Morgan fingerprint density at radius 1 is 1.28 bits per heavy atom. The predicted octanol–water partition coefficient (Wildman–Crippen LogP) is 1.71. The van der Waals surface area contributed by atoms with Gasteiger partial charge in [0.05, 0.1) is 17.8 Å². The number of benzene rings is 1. The highest BCUT2D eigenvalue weighted by atomic mass is 32.1. The molecule has 2 heterocycles. The van der Waals surface area contributed by atoms with Crippen LogP contribution in [-0.4, -0.2) is 36.3 Å². The van der Waals surface area contributed by atoms with Crippen molar-refractivity contribution in [2.24, 2.45) is 0 Å². The van der Waals surface area contributed by atoms with Crippen molar-refractivity contribution in [2.45, 2.75) is 19.8 Å². The Balaban J connectivity index is 1.59. The zero-order chi connectivity index (χ0) is 17.8. The van der Waals surface area contributed by atoms with Crippen LogP contribution in [0.4, 0.5) is 10.7 Å². The van der Waals surface area contributed by atoms with Gasteiger partial charge in [0.25, 0.3) is 11.8 Å². The van der Waals surface area contributed by atoms with Crippen LogP contribution in [-0.2, 0) is 11.2 Å². The molecule has 7 nitrogen and oxygen atoms in total. The van der Waals surface area contributed by atoms with E-state index in [-0.39, 0.29) is 18.4 Å². The molecule has 0 bridgehead atoms. The summed E-state index contributed by atoms with van der Waals surface area (Å²) in [5.74, 6) is -0.625. The van der Waals surface area contributed by atoms with Gasteiger partial charge in [-0.05, 0) is 42.9 Å². The van der Waals surface area contributed by atoms with Crippen LogP contribution < -0.4 is 21.1 Å². The molecule has 1 aliphatic heterocycles. The van der Waals surface area contributed by atoms with Crippen LogP contribution in [0.2, 0.25) is 0 Å². The van der Waals surface area contributed by atoms with Crippen LogP contribution in [0, 0.1) is 6.92 Å². The highest BCUT2D eigenvalue weighted by molar-refractivity contribution is 7.10. The summed E-state index contributed by atoms with van der Waals surface area (Å²) in [6.07, 6.45) is 2.05. The number of carbonyl (C=O) groups is 2. The number of carbonyl (C=O) groups excluding carboxylic acids is 2. The molecule has 0 atom stereocenters. The summed E-state index contributed by atoms with van der Waals surface area (Å²) >= 11 is 1.22. The zero-order valence-electron chi connectivity index (χ0n) is 14.3. The number of rotatable bonds is 4. The second-order valence-electron chi connectivity index (χ2n) is 5.88. The molecule has 0 saturated carbocycles. The fraction of sp³-hybridized carbons (Fsp3) is 0.353. The van der Waals surface area contributed by atoms with E-state index in [4.69, 9.17) is 0 Å². The average Bonchev–Trinajstić information content (AvgIpc) is 3.01. The molecule has 0 fully saturated rings. The van der Waals surface area contributed by atoms with Gasteiger partial charge in [0, 0.05) is 19.3 Å². The average molecular weight is 359 g/mol. The van der Waals surface area contributed by atoms with Crippen molar-refractivity contribution in [2.75, 3.05) is 30.4 Å². The van der Waals surface area contributed by atoms with E-state index in [1.54, 1.807) is 14.0 Å². The first-order valence-corrected chi connectivity index (χ1v) is 8.93. The number of hydrogen-bond donors (Lipinski definition) is 3. The molecule has 1 aromatic carbocycles. The molecule has 3 rings (SSSR count). The lowest BCUT2D eigenvalue weighted by atomic mass is 10.0. The van der Waals surface area contributed by atoms with E-state index in [9.17, 15) is 9.59 Å².